The Balaban J connectivity index is 2.15. The van der Waals surface area contributed by atoms with Gasteiger partial charge in [-0.2, -0.15) is 5.26 Å². The first-order valence-corrected chi connectivity index (χ1v) is 6.19. The molecule has 4 nitrogen and oxygen atoms in total. The highest BCUT2D eigenvalue weighted by atomic mass is 35.5. The normalized spacial score (nSPS) is 15.4. The molecule has 94 valence electrons. The van der Waals surface area contributed by atoms with Crippen molar-refractivity contribution in [3.05, 3.63) is 28.8 Å². The second-order valence-corrected chi connectivity index (χ2v) is 4.70. The standard InChI is InChI=1S/C13H14ClN3O/c1-10(18)16-4-6-17(7-5-16)13-3-2-12(14)8-11(13)9-15/h2-3,8H,4-7H2,1H3. The van der Waals surface area contributed by atoms with Gasteiger partial charge in [0.15, 0.2) is 0 Å². The van der Waals surface area contributed by atoms with Crippen LogP contribution in [-0.2, 0) is 4.79 Å². The van der Waals surface area contributed by atoms with Crippen molar-refractivity contribution in [2.24, 2.45) is 0 Å². The fraction of sp³-hybridized carbons (Fsp3) is 0.385. The van der Waals surface area contributed by atoms with Gasteiger partial charge in [-0.15, -0.1) is 0 Å². The number of rotatable bonds is 1. The third kappa shape index (κ3) is 2.57. The molecule has 0 spiro atoms. The van der Waals surface area contributed by atoms with Gasteiger partial charge in [-0.1, -0.05) is 11.6 Å². The average molecular weight is 264 g/mol. The van der Waals surface area contributed by atoms with E-state index in [1.54, 1.807) is 19.1 Å². The van der Waals surface area contributed by atoms with E-state index in [1.165, 1.54) is 0 Å². The molecule has 1 aliphatic rings. The van der Waals surface area contributed by atoms with E-state index in [0.717, 1.165) is 18.8 Å². The predicted octanol–water partition coefficient (Wildman–Crippen LogP) is 1.88. The molecule has 1 aromatic carbocycles. The lowest BCUT2D eigenvalue weighted by Crippen LogP contribution is -2.48. The number of amides is 1. The van der Waals surface area contributed by atoms with E-state index in [0.29, 0.717) is 23.7 Å². The van der Waals surface area contributed by atoms with Crippen molar-refractivity contribution >= 4 is 23.2 Å². The SMILES string of the molecule is CC(=O)N1CCN(c2ccc(Cl)cc2C#N)CC1. The van der Waals surface area contributed by atoms with Crippen LogP contribution in [0, 0.1) is 11.3 Å². The lowest BCUT2D eigenvalue weighted by molar-refractivity contribution is -0.129. The number of halogens is 1. The lowest BCUT2D eigenvalue weighted by Gasteiger charge is -2.36. The van der Waals surface area contributed by atoms with Gasteiger partial charge < -0.3 is 9.80 Å². The van der Waals surface area contributed by atoms with Crippen LogP contribution in [-0.4, -0.2) is 37.0 Å². The summed E-state index contributed by atoms with van der Waals surface area (Å²) in [6, 6.07) is 7.49. The highest BCUT2D eigenvalue weighted by Gasteiger charge is 2.20. The minimum Gasteiger partial charge on any atom is -0.367 e. The molecule has 1 amide bonds. The monoisotopic (exact) mass is 263 g/mol. The Morgan fingerprint density at radius 2 is 2.00 bits per heavy atom. The fourth-order valence-electron chi connectivity index (χ4n) is 2.14. The highest BCUT2D eigenvalue weighted by molar-refractivity contribution is 6.30. The zero-order valence-corrected chi connectivity index (χ0v) is 10.9. The number of piperazine rings is 1. The van der Waals surface area contributed by atoms with Crippen LogP contribution >= 0.6 is 11.6 Å². The third-order valence-corrected chi connectivity index (χ3v) is 3.38. The van der Waals surface area contributed by atoms with Crippen molar-refractivity contribution in [3.8, 4) is 6.07 Å². The zero-order chi connectivity index (χ0) is 13.1. The summed E-state index contributed by atoms with van der Waals surface area (Å²) in [6.45, 7) is 4.47. The van der Waals surface area contributed by atoms with Gasteiger partial charge in [-0.3, -0.25) is 4.79 Å². The summed E-state index contributed by atoms with van der Waals surface area (Å²) in [4.78, 5) is 15.2. The van der Waals surface area contributed by atoms with E-state index < -0.39 is 0 Å². The summed E-state index contributed by atoms with van der Waals surface area (Å²) in [6.07, 6.45) is 0. The number of anilines is 1. The minimum absolute atomic E-state index is 0.103. The van der Waals surface area contributed by atoms with Crippen molar-refractivity contribution in [2.75, 3.05) is 31.1 Å². The molecule has 1 heterocycles. The number of hydrogen-bond acceptors (Lipinski definition) is 3. The number of hydrogen-bond donors (Lipinski definition) is 0. The molecule has 2 rings (SSSR count). The number of benzene rings is 1. The maximum Gasteiger partial charge on any atom is 0.219 e. The van der Waals surface area contributed by atoms with Gasteiger partial charge in [0, 0.05) is 38.1 Å². The molecule has 1 saturated heterocycles. The molecule has 0 saturated carbocycles. The average Bonchev–Trinajstić information content (AvgIpc) is 2.38. The van der Waals surface area contributed by atoms with Crippen LogP contribution in [0.5, 0.6) is 0 Å². The van der Waals surface area contributed by atoms with Crippen molar-refractivity contribution in [2.45, 2.75) is 6.92 Å². The Bertz CT molecular complexity index is 501. The summed E-state index contributed by atoms with van der Waals surface area (Å²) < 4.78 is 0. The number of carbonyl (C=O) groups excluding carboxylic acids is 1. The van der Waals surface area contributed by atoms with Gasteiger partial charge in [-0.25, -0.2) is 0 Å². The van der Waals surface area contributed by atoms with Crippen LogP contribution in [0.1, 0.15) is 12.5 Å². The number of nitriles is 1. The summed E-state index contributed by atoms with van der Waals surface area (Å²) >= 11 is 5.88. The van der Waals surface area contributed by atoms with Crippen LogP contribution in [0.2, 0.25) is 5.02 Å². The molecule has 0 unspecified atom stereocenters. The van der Waals surface area contributed by atoms with Crippen LogP contribution in [0.15, 0.2) is 18.2 Å². The Morgan fingerprint density at radius 1 is 1.33 bits per heavy atom. The van der Waals surface area contributed by atoms with E-state index in [1.807, 2.05) is 11.0 Å². The third-order valence-electron chi connectivity index (χ3n) is 3.14. The molecular weight excluding hydrogens is 250 g/mol. The van der Waals surface area contributed by atoms with E-state index in [4.69, 9.17) is 16.9 Å². The van der Waals surface area contributed by atoms with Crippen LogP contribution in [0.4, 0.5) is 5.69 Å². The Hall–Kier alpha value is -1.73. The van der Waals surface area contributed by atoms with Gasteiger partial charge >= 0.3 is 0 Å². The molecule has 0 radical (unpaired) electrons. The summed E-state index contributed by atoms with van der Waals surface area (Å²) in [7, 11) is 0. The molecule has 1 aliphatic heterocycles. The first-order valence-electron chi connectivity index (χ1n) is 5.82. The second-order valence-electron chi connectivity index (χ2n) is 4.27. The second kappa shape index (κ2) is 5.28. The van der Waals surface area contributed by atoms with Gasteiger partial charge in [0.2, 0.25) is 5.91 Å². The molecule has 0 bridgehead atoms. The number of carbonyl (C=O) groups is 1. The van der Waals surface area contributed by atoms with E-state index >= 15 is 0 Å². The zero-order valence-electron chi connectivity index (χ0n) is 10.2. The molecule has 1 aromatic rings. The van der Waals surface area contributed by atoms with Crippen LogP contribution in [0.3, 0.4) is 0 Å². The quantitative estimate of drug-likeness (QED) is 0.777. The van der Waals surface area contributed by atoms with Gasteiger partial charge in [0.05, 0.1) is 11.3 Å². The maximum absolute atomic E-state index is 11.2. The molecular formula is C13H14ClN3O. The predicted molar refractivity (Wildman–Crippen MR) is 70.6 cm³/mol. The van der Waals surface area contributed by atoms with Crippen LogP contribution in [0.25, 0.3) is 0 Å². The molecule has 0 N–H and O–H groups in total. The Labute approximate surface area is 111 Å². The van der Waals surface area contributed by atoms with E-state index in [9.17, 15) is 4.79 Å². The topological polar surface area (TPSA) is 47.3 Å². The summed E-state index contributed by atoms with van der Waals surface area (Å²) in [5.74, 6) is 0.103. The molecule has 0 atom stereocenters. The Kier molecular flexibility index (Phi) is 3.73. The van der Waals surface area contributed by atoms with Gasteiger partial charge in [0.25, 0.3) is 0 Å². The van der Waals surface area contributed by atoms with Gasteiger partial charge in [0.1, 0.15) is 6.07 Å². The van der Waals surface area contributed by atoms with Crippen molar-refractivity contribution in [3.63, 3.8) is 0 Å². The molecule has 5 heteroatoms. The van der Waals surface area contributed by atoms with Crippen molar-refractivity contribution in [1.82, 2.24) is 4.90 Å². The summed E-state index contributed by atoms with van der Waals surface area (Å²) in [5.41, 5.74) is 1.48. The molecule has 0 aromatic heterocycles. The van der Waals surface area contributed by atoms with E-state index in [-0.39, 0.29) is 5.91 Å². The van der Waals surface area contributed by atoms with Gasteiger partial charge in [-0.05, 0) is 18.2 Å². The highest BCUT2D eigenvalue weighted by Crippen LogP contribution is 2.24. The number of nitrogens with zero attached hydrogens (tertiary/aromatic N) is 3. The minimum atomic E-state index is 0.103. The molecule has 0 aliphatic carbocycles. The van der Waals surface area contributed by atoms with Crippen molar-refractivity contribution < 1.29 is 4.79 Å². The lowest BCUT2D eigenvalue weighted by atomic mass is 10.1. The largest absolute Gasteiger partial charge is 0.367 e. The Morgan fingerprint density at radius 3 is 2.56 bits per heavy atom. The smallest absolute Gasteiger partial charge is 0.219 e. The van der Waals surface area contributed by atoms with Crippen LogP contribution < -0.4 is 4.90 Å². The van der Waals surface area contributed by atoms with E-state index in [2.05, 4.69) is 11.0 Å². The first-order chi connectivity index (χ1) is 8.61. The maximum atomic E-state index is 11.2. The van der Waals surface area contributed by atoms with Crippen molar-refractivity contribution in [1.29, 1.82) is 5.26 Å². The first kappa shape index (κ1) is 12.7. The molecule has 18 heavy (non-hydrogen) atoms. The fourth-order valence-corrected chi connectivity index (χ4v) is 2.31. The summed E-state index contributed by atoms with van der Waals surface area (Å²) in [5, 5.41) is 9.68. The molecule has 1 fully saturated rings.